The Hall–Kier alpha value is -4.43. The molecule has 1 aromatic carbocycles. The van der Waals surface area contributed by atoms with E-state index in [0.717, 1.165) is 31.8 Å². The number of nitrogens with zero attached hydrogens (tertiary/aromatic N) is 4. The summed E-state index contributed by atoms with van der Waals surface area (Å²) in [6.45, 7) is 7.54. The second-order valence-corrected chi connectivity index (χ2v) is 11.2. The van der Waals surface area contributed by atoms with E-state index >= 15 is 0 Å². The van der Waals surface area contributed by atoms with Gasteiger partial charge in [-0.1, -0.05) is 26.8 Å². The van der Waals surface area contributed by atoms with E-state index in [1.54, 1.807) is 18.2 Å². The van der Waals surface area contributed by atoms with Crippen LogP contribution in [0.25, 0.3) is 11.1 Å². The van der Waals surface area contributed by atoms with Crippen LogP contribution in [0.3, 0.4) is 0 Å². The smallest absolute Gasteiger partial charge is 0.265 e. The lowest BCUT2D eigenvalue weighted by Crippen LogP contribution is -2.42. The topological polar surface area (TPSA) is 127 Å². The molecule has 2 atom stereocenters. The SMILES string of the molecule is CC(C)Cc1nc(N[C@@H]2CCNC[C@H]2C)c(C=N)c(-c2ccc3c(c2)OCC(=O)N3Cc2ncc(F)cc2F)c1C#N.[HH]. The number of halogens is 2. The molecule has 0 unspecified atom stereocenters. The minimum Gasteiger partial charge on any atom is -0.482 e. The molecule has 0 bridgehead atoms. The van der Waals surface area contributed by atoms with Gasteiger partial charge in [-0.15, -0.1) is 0 Å². The number of anilines is 2. The standard InChI is InChI=1S/C31H33F2N7O2.H2/c1-17(2)8-25-21(11-34)30(22(12-35)31(39-25)38-24-6-7-36-13-18(24)3)19-4-5-27-28(9-19)42-16-29(41)40(27)15-26-23(33)10-20(32)14-37-26;/h4-5,9-10,12,14,17-18,24,35-36H,6-8,13,15-16H2,1-3H3,(H,38,39);1H/t18-,24-;/m1./s1. The Labute approximate surface area is 244 Å². The zero-order valence-corrected chi connectivity index (χ0v) is 23.8. The van der Waals surface area contributed by atoms with Gasteiger partial charge in [-0.25, -0.2) is 13.8 Å². The quantitative estimate of drug-likeness (QED) is 0.320. The molecule has 3 aromatic rings. The van der Waals surface area contributed by atoms with Crippen molar-refractivity contribution >= 4 is 23.6 Å². The van der Waals surface area contributed by atoms with Crippen LogP contribution in [0.5, 0.6) is 5.75 Å². The second kappa shape index (κ2) is 12.2. The molecule has 9 nitrogen and oxygen atoms in total. The van der Waals surface area contributed by atoms with E-state index in [1.165, 1.54) is 11.1 Å². The van der Waals surface area contributed by atoms with Crippen molar-refractivity contribution in [1.82, 2.24) is 15.3 Å². The molecule has 5 rings (SSSR count). The van der Waals surface area contributed by atoms with Crippen LogP contribution in [0.4, 0.5) is 20.3 Å². The number of piperidine rings is 1. The monoisotopic (exact) mass is 575 g/mol. The third-order valence-electron chi connectivity index (χ3n) is 7.66. The van der Waals surface area contributed by atoms with Crippen molar-refractivity contribution < 1.29 is 19.7 Å². The molecule has 42 heavy (non-hydrogen) atoms. The molecule has 2 aliphatic rings. The fourth-order valence-electron chi connectivity index (χ4n) is 5.50. The number of nitrogens with one attached hydrogen (secondary N) is 3. The van der Waals surface area contributed by atoms with Gasteiger partial charge in [0.2, 0.25) is 0 Å². The summed E-state index contributed by atoms with van der Waals surface area (Å²) in [6, 6.07) is 8.36. The molecule has 2 aromatic heterocycles. The Morgan fingerprint density at radius 3 is 2.83 bits per heavy atom. The summed E-state index contributed by atoms with van der Waals surface area (Å²) >= 11 is 0. The van der Waals surface area contributed by atoms with E-state index < -0.39 is 17.5 Å². The Morgan fingerprint density at radius 2 is 2.14 bits per heavy atom. The summed E-state index contributed by atoms with van der Waals surface area (Å²) in [7, 11) is 0. The zero-order valence-electron chi connectivity index (χ0n) is 23.8. The molecule has 3 N–H and O–H groups in total. The summed E-state index contributed by atoms with van der Waals surface area (Å²) in [5.41, 5.74) is 3.02. The van der Waals surface area contributed by atoms with Crippen LogP contribution in [0, 0.1) is 40.2 Å². The van der Waals surface area contributed by atoms with Gasteiger partial charge >= 0.3 is 0 Å². The second-order valence-electron chi connectivity index (χ2n) is 11.2. The van der Waals surface area contributed by atoms with Crippen molar-refractivity contribution in [2.24, 2.45) is 11.8 Å². The Morgan fingerprint density at radius 1 is 1.33 bits per heavy atom. The predicted octanol–water partition coefficient (Wildman–Crippen LogP) is 5.07. The van der Waals surface area contributed by atoms with Gasteiger partial charge < -0.3 is 20.8 Å². The number of hydrogen-bond acceptors (Lipinski definition) is 8. The summed E-state index contributed by atoms with van der Waals surface area (Å²) in [6.07, 6.45) is 3.60. The largest absolute Gasteiger partial charge is 0.482 e. The minimum atomic E-state index is -0.848. The molecular formula is C31H35F2N7O2. The zero-order chi connectivity index (χ0) is 30.0. The highest BCUT2D eigenvalue weighted by atomic mass is 19.1. The third-order valence-corrected chi connectivity index (χ3v) is 7.66. The van der Waals surface area contributed by atoms with Crippen LogP contribution in [0.15, 0.2) is 30.5 Å². The molecule has 1 saturated heterocycles. The van der Waals surface area contributed by atoms with Gasteiger partial charge in [-0.2, -0.15) is 5.26 Å². The van der Waals surface area contributed by atoms with Crippen molar-refractivity contribution in [2.45, 2.75) is 46.2 Å². The highest BCUT2D eigenvalue weighted by molar-refractivity contribution is 6.00. The molecule has 0 spiro atoms. The van der Waals surface area contributed by atoms with Gasteiger partial charge in [0.25, 0.3) is 5.91 Å². The summed E-state index contributed by atoms with van der Waals surface area (Å²) in [5, 5.41) is 25.6. The highest BCUT2D eigenvalue weighted by Crippen LogP contribution is 2.40. The fraction of sp³-hybridized carbons (Fsp3) is 0.387. The van der Waals surface area contributed by atoms with Gasteiger partial charge in [0.05, 0.1) is 35.4 Å². The van der Waals surface area contributed by atoms with Gasteiger partial charge in [0.1, 0.15) is 29.3 Å². The molecule has 2 aliphatic heterocycles. The van der Waals surface area contributed by atoms with Crippen LogP contribution < -0.4 is 20.3 Å². The van der Waals surface area contributed by atoms with Gasteiger partial charge in [-0.3, -0.25) is 14.7 Å². The van der Waals surface area contributed by atoms with Crippen LogP contribution in [-0.2, 0) is 17.8 Å². The first-order valence-electron chi connectivity index (χ1n) is 14.0. The van der Waals surface area contributed by atoms with Crippen molar-refractivity contribution in [3.8, 4) is 22.9 Å². The molecule has 4 heterocycles. The first-order chi connectivity index (χ1) is 20.2. The summed E-state index contributed by atoms with van der Waals surface area (Å²) in [5.74, 6) is -0.556. The van der Waals surface area contributed by atoms with E-state index in [9.17, 15) is 18.8 Å². The summed E-state index contributed by atoms with van der Waals surface area (Å²) in [4.78, 5) is 22.8. The number of carbonyl (C=O) groups is 1. The minimum absolute atomic E-state index is 0. The Bertz CT molecular complexity index is 1580. The molecule has 0 saturated carbocycles. The van der Waals surface area contributed by atoms with E-state index in [1.807, 2.05) is 0 Å². The number of ether oxygens (including phenoxy) is 1. The van der Waals surface area contributed by atoms with Crippen LogP contribution >= 0.6 is 0 Å². The van der Waals surface area contributed by atoms with E-state index in [4.69, 9.17) is 15.1 Å². The summed E-state index contributed by atoms with van der Waals surface area (Å²) < 4.78 is 33.6. The Kier molecular flexibility index (Phi) is 8.45. The molecule has 1 amide bonds. The molecule has 0 radical (unpaired) electrons. The van der Waals surface area contributed by atoms with Gasteiger partial charge in [0, 0.05) is 30.9 Å². The van der Waals surface area contributed by atoms with Gasteiger partial charge in [-0.05, 0) is 55.5 Å². The predicted molar refractivity (Wildman–Crippen MR) is 158 cm³/mol. The molecule has 0 aliphatic carbocycles. The maximum atomic E-state index is 14.4. The molecule has 11 heteroatoms. The van der Waals surface area contributed by atoms with Gasteiger partial charge in [0.15, 0.2) is 6.61 Å². The average Bonchev–Trinajstić information content (AvgIpc) is 2.96. The average molecular weight is 576 g/mol. The first-order valence-corrected chi connectivity index (χ1v) is 14.0. The van der Waals surface area contributed by atoms with Crippen LogP contribution in [-0.4, -0.2) is 47.8 Å². The number of rotatable bonds is 8. The lowest BCUT2D eigenvalue weighted by Gasteiger charge is -2.32. The highest BCUT2D eigenvalue weighted by Gasteiger charge is 2.30. The van der Waals surface area contributed by atoms with Crippen LogP contribution in [0.2, 0.25) is 0 Å². The number of aromatic nitrogens is 2. The molecular weight excluding hydrogens is 540 g/mol. The normalized spacial score (nSPS) is 18.3. The van der Waals surface area contributed by atoms with Crippen LogP contribution in [0.1, 0.15) is 51.1 Å². The van der Waals surface area contributed by atoms with Crippen molar-refractivity contribution in [3.63, 3.8) is 0 Å². The number of nitriles is 1. The third kappa shape index (κ3) is 5.81. The molecule has 1 fully saturated rings. The maximum absolute atomic E-state index is 14.4. The number of benzene rings is 1. The Balaban J connectivity index is 0.00000423. The number of amides is 1. The first kappa shape index (κ1) is 29.1. The number of fused-ring (bicyclic) bond motifs is 1. The lowest BCUT2D eigenvalue weighted by molar-refractivity contribution is -0.121. The van der Waals surface area contributed by atoms with E-state index in [0.29, 0.717) is 57.5 Å². The fourth-order valence-corrected chi connectivity index (χ4v) is 5.50. The number of carbonyl (C=O) groups excluding carboxylic acids is 1. The number of pyridine rings is 2. The molecule has 220 valence electrons. The van der Waals surface area contributed by atoms with Crippen molar-refractivity contribution in [3.05, 3.63) is 64.6 Å². The maximum Gasteiger partial charge on any atom is 0.265 e. The number of hydrogen-bond donors (Lipinski definition) is 3. The lowest BCUT2D eigenvalue weighted by atomic mass is 9.90. The van der Waals surface area contributed by atoms with E-state index in [2.05, 4.69) is 42.5 Å². The van der Waals surface area contributed by atoms with Crippen molar-refractivity contribution in [2.75, 3.05) is 29.9 Å². The van der Waals surface area contributed by atoms with E-state index in [-0.39, 0.29) is 32.2 Å². The van der Waals surface area contributed by atoms with Crippen molar-refractivity contribution in [1.29, 1.82) is 10.7 Å².